The van der Waals surface area contributed by atoms with Crippen LogP contribution in [0, 0.1) is 0 Å². The van der Waals surface area contributed by atoms with Crippen LogP contribution in [0.4, 0.5) is 0 Å². The summed E-state index contributed by atoms with van der Waals surface area (Å²) in [6, 6.07) is 1.58. The normalized spacial score (nSPS) is 30.4. The van der Waals surface area contributed by atoms with E-state index in [1.54, 1.807) is 0 Å². The summed E-state index contributed by atoms with van der Waals surface area (Å²) in [4.78, 5) is 13.2. The fraction of sp³-hybridized carbons (Fsp3) is 0.583. The van der Waals surface area contributed by atoms with Crippen molar-refractivity contribution in [3.8, 4) is 0 Å². The Bertz CT molecular complexity index is 428. The van der Waals surface area contributed by atoms with Gasteiger partial charge in [0, 0.05) is 12.6 Å². The molecular weight excluding hydrogens is 222 g/mol. The third-order valence-electron chi connectivity index (χ3n) is 3.58. The first-order valence-corrected chi connectivity index (χ1v) is 5.68. The van der Waals surface area contributed by atoms with Crippen molar-refractivity contribution in [2.75, 3.05) is 13.6 Å². The maximum absolute atomic E-state index is 11.0. The average Bonchev–Trinajstić information content (AvgIpc) is 2.73. The minimum Gasteiger partial charge on any atom is -0.478 e. The second-order valence-electron chi connectivity index (χ2n) is 4.78. The summed E-state index contributed by atoms with van der Waals surface area (Å²) < 4.78 is 5.20. The van der Waals surface area contributed by atoms with Gasteiger partial charge in [-0.2, -0.15) is 0 Å². The van der Waals surface area contributed by atoms with Gasteiger partial charge in [0.05, 0.1) is 6.26 Å². The smallest absolute Gasteiger partial charge is 0.339 e. The van der Waals surface area contributed by atoms with Crippen LogP contribution in [0.5, 0.6) is 0 Å². The number of furan rings is 1. The molecule has 1 saturated heterocycles. The van der Waals surface area contributed by atoms with Crippen LogP contribution >= 0.6 is 0 Å². The highest BCUT2D eigenvalue weighted by Crippen LogP contribution is 2.37. The highest BCUT2D eigenvalue weighted by Gasteiger charge is 2.41. The van der Waals surface area contributed by atoms with Crippen molar-refractivity contribution in [3.05, 3.63) is 23.7 Å². The van der Waals surface area contributed by atoms with Gasteiger partial charge in [0.2, 0.25) is 0 Å². The largest absolute Gasteiger partial charge is 0.478 e. The lowest BCUT2D eigenvalue weighted by Gasteiger charge is -2.40. The first kappa shape index (κ1) is 12.1. The molecule has 2 heterocycles. The van der Waals surface area contributed by atoms with E-state index >= 15 is 0 Å². The summed E-state index contributed by atoms with van der Waals surface area (Å²) in [5.74, 6) is -0.876. The Balaban J connectivity index is 2.32. The summed E-state index contributed by atoms with van der Waals surface area (Å²) in [7, 11) is 1.99. The number of rotatable bonds is 2. The van der Waals surface area contributed by atoms with Crippen LogP contribution in [0.15, 0.2) is 16.7 Å². The van der Waals surface area contributed by atoms with Gasteiger partial charge in [-0.3, -0.25) is 0 Å². The van der Waals surface area contributed by atoms with Gasteiger partial charge in [-0.05, 0) is 32.9 Å². The Kier molecular flexibility index (Phi) is 2.97. The van der Waals surface area contributed by atoms with E-state index in [1.165, 1.54) is 12.3 Å². The number of hydrogen-bond donors (Lipinski definition) is 2. The van der Waals surface area contributed by atoms with Crippen LogP contribution in [-0.4, -0.2) is 40.7 Å². The van der Waals surface area contributed by atoms with E-state index < -0.39 is 11.6 Å². The Morgan fingerprint density at radius 2 is 2.35 bits per heavy atom. The van der Waals surface area contributed by atoms with Gasteiger partial charge in [0.15, 0.2) is 0 Å². The molecule has 0 saturated carbocycles. The van der Waals surface area contributed by atoms with Crippen LogP contribution in [0.3, 0.4) is 0 Å². The number of aliphatic hydroxyl groups is 1. The molecule has 2 N–H and O–H groups in total. The molecule has 2 rings (SSSR count). The summed E-state index contributed by atoms with van der Waals surface area (Å²) in [5.41, 5.74) is -1.10. The molecule has 1 fully saturated rings. The van der Waals surface area contributed by atoms with Crippen LogP contribution in [-0.2, 0) is 5.60 Å². The van der Waals surface area contributed by atoms with Crippen LogP contribution in [0.2, 0.25) is 0 Å². The van der Waals surface area contributed by atoms with E-state index in [-0.39, 0.29) is 17.4 Å². The molecule has 1 aliphatic heterocycles. The molecular formula is C12H17NO4. The molecule has 17 heavy (non-hydrogen) atoms. The first-order chi connectivity index (χ1) is 7.94. The topological polar surface area (TPSA) is 73.9 Å². The second-order valence-corrected chi connectivity index (χ2v) is 4.78. The minimum atomic E-state index is -1.16. The first-order valence-electron chi connectivity index (χ1n) is 5.68. The van der Waals surface area contributed by atoms with E-state index in [0.717, 1.165) is 6.54 Å². The van der Waals surface area contributed by atoms with Gasteiger partial charge in [0.1, 0.15) is 16.9 Å². The van der Waals surface area contributed by atoms with E-state index in [1.807, 2.05) is 14.0 Å². The molecule has 94 valence electrons. The molecule has 0 aliphatic carbocycles. The molecule has 5 nitrogen and oxygen atoms in total. The Morgan fingerprint density at radius 3 is 2.94 bits per heavy atom. The van der Waals surface area contributed by atoms with E-state index in [0.29, 0.717) is 12.8 Å². The van der Waals surface area contributed by atoms with Gasteiger partial charge in [-0.25, -0.2) is 4.79 Å². The maximum Gasteiger partial charge on any atom is 0.339 e. The summed E-state index contributed by atoms with van der Waals surface area (Å²) >= 11 is 0. The highest BCUT2D eigenvalue weighted by atomic mass is 16.4. The van der Waals surface area contributed by atoms with Crippen molar-refractivity contribution in [2.24, 2.45) is 0 Å². The van der Waals surface area contributed by atoms with Crippen molar-refractivity contribution in [1.82, 2.24) is 4.90 Å². The maximum atomic E-state index is 11.0. The van der Waals surface area contributed by atoms with Gasteiger partial charge < -0.3 is 19.5 Å². The minimum absolute atomic E-state index is 0.0595. The molecule has 0 spiro atoms. The fourth-order valence-electron chi connectivity index (χ4n) is 2.37. The third-order valence-corrected chi connectivity index (χ3v) is 3.58. The molecule has 0 aromatic carbocycles. The predicted molar refractivity (Wildman–Crippen MR) is 60.9 cm³/mol. The molecule has 2 unspecified atom stereocenters. The molecule has 0 radical (unpaired) electrons. The lowest BCUT2D eigenvalue weighted by molar-refractivity contribution is -0.0566. The number of carbonyl (C=O) groups is 1. The van der Waals surface area contributed by atoms with Gasteiger partial charge >= 0.3 is 5.97 Å². The Labute approximate surface area is 99.6 Å². The zero-order chi connectivity index (χ0) is 12.6. The Morgan fingerprint density at radius 1 is 1.65 bits per heavy atom. The van der Waals surface area contributed by atoms with Crippen molar-refractivity contribution in [1.29, 1.82) is 0 Å². The molecule has 1 aliphatic rings. The zero-order valence-electron chi connectivity index (χ0n) is 10.0. The predicted octanol–water partition coefficient (Wildman–Crippen LogP) is 1.28. The third kappa shape index (κ3) is 2.08. The second kappa shape index (κ2) is 4.16. The van der Waals surface area contributed by atoms with Gasteiger partial charge in [-0.1, -0.05) is 0 Å². The SMILES string of the molecule is CC1CC(O)(c2occc2C(=O)O)CCN1C. The summed E-state index contributed by atoms with van der Waals surface area (Å²) in [6.45, 7) is 2.73. The lowest BCUT2D eigenvalue weighted by Crippen LogP contribution is -2.46. The van der Waals surface area contributed by atoms with Crippen molar-refractivity contribution < 1.29 is 19.4 Å². The quantitative estimate of drug-likeness (QED) is 0.813. The van der Waals surface area contributed by atoms with Crippen LogP contribution in [0.1, 0.15) is 35.9 Å². The molecule has 2 atom stereocenters. The molecule has 5 heteroatoms. The van der Waals surface area contributed by atoms with Crippen LogP contribution < -0.4 is 0 Å². The van der Waals surface area contributed by atoms with E-state index in [2.05, 4.69) is 4.90 Å². The fourth-order valence-corrected chi connectivity index (χ4v) is 2.37. The monoisotopic (exact) mass is 239 g/mol. The lowest BCUT2D eigenvalue weighted by atomic mass is 9.83. The molecule has 1 aromatic heterocycles. The van der Waals surface area contributed by atoms with E-state index in [9.17, 15) is 9.90 Å². The molecule has 1 aromatic rings. The van der Waals surface area contributed by atoms with Crippen LogP contribution in [0.25, 0.3) is 0 Å². The van der Waals surface area contributed by atoms with Crippen molar-refractivity contribution >= 4 is 5.97 Å². The summed E-state index contributed by atoms with van der Waals surface area (Å²) in [5, 5.41) is 19.6. The highest BCUT2D eigenvalue weighted by molar-refractivity contribution is 5.89. The molecule has 0 bridgehead atoms. The van der Waals surface area contributed by atoms with Crippen molar-refractivity contribution in [2.45, 2.75) is 31.4 Å². The number of piperidine rings is 1. The molecule has 0 amide bonds. The number of carboxylic acid groups (broad SMARTS) is 1. The number of nitrogens with zero attached hydrogens (tertiary/aromatic N) is 1. The van der Waals surface area contributed by atoms with Gasteiger partial charge in [0.25, 0.3) is 0 Å². The Hall–Kier alpha value is -1.33. The number of hydrogen-bond acceptors (Lipinski definition) is 4. The van der Waals surface area contributed by atoms with E-state index in [4.69, 9.17) is 9.52 Å². The number of carboxylic acids is 1. The van der Waals surface area contributed by atoms with Gasteiger partial charge in [-0.15, -0.1) is 0 Å². The number of aromatic carboxylic acids is 1. The number of likely N-dealkylation sites (tertiary alicyclic amines) is 1. The summed E-state index contributed by atoms with van der Waals surface area (Å²) in [6.07, 6.45) is 2.29. The zero-order valence-corrected chi connectivity index (χ0v) is 10.0. The average molecular weight is 239 g/mol. The van der Waals surface area contributed by atoms with Crippen molar-refractivity contribution in [3.63, 3.8) is 0 Å². The standard InChI is InChI=1S/C12H17NO4/c1-8-7-12(16,4-5-13(8)2)10-9(11(14)15)3-6-17-10/h3,6,8,16H,4-5,7H2,1-2H3,(H,14,15).